The van der Waals surface area contributed by atoms with E-state index in [2.05, 4.69) is 21.2 Å². The smallest absolute Gasteiger partial charge is 0.262 e. The number of amides is 1. The van der Waals surface area contributed by atoms with Gasteiger partial charge in [0.2, 0.25) is 16.9 Å². The molecule has 4 rings (SSSR count). The van der Waals surface area contributed by atoms with E-state index in [9.17, 15) is 9.59 Å². The molecular formula is C23H18BrNO6. The van der Waals surface area contributed by atoms with Gasteiger partial charge in [0.15, 0.2) is 17.0 Å². The average molecular weight is 484 g/mol. The van der Waals surface area contributed by atoms with Crippen LogP contribution in [0.2, 0.25) is 0 Å². The molecule has 2 aromatic heterocycles. The minimum absolute atomic E-state index is 0.0950. The summed E-state index contributed by atoms with van der Waals surface area (Å²) in [5, 5.41) is 3.06. The Morgan fingerprint density at radius 3 is 2.48 bits per heavy atom. The van der Waals surface area contributed by atoms with Crippen LogP contribution in [0.5, 0.6) is 11.5 Å². The first-order chi connectivity index (χ1) is 15.0. The summed E-state index contributed by atoms with van der Waals surface area (Å²) in [4.78, 5) is 25.4. The Morgan fingerprint density at radius 2 is 1.77 bits per heavy atom. The van der Waals surface area contributed by atoms with Gasteiger partial charge in [-0.2, -0.15) is 0 Å². The molecule has 0 aliphatic rings. The summed E-state index contributed by atoms with van der Waals surface area (Å²) in [6.45, 7) is 2.07. The van der Waals surface area contributed by atoms with Gasteiger partial charge in [0.1, 0.15) is 11.3 Å². The molecule has 1 N–H and O–H groups in total. The van der Waals surface area contributed by atoms with Crippen molar-refractivity contribution in [1.29, 1.82) is 0 Å². The van der Waals surface area contributed by atoms with Gasteiger partial charge in [-0.05, 0) is 71.4 Å². The number of hydrogen-bond donors (Lipinski definition) is 1. The Labute approximate surface area is 185 Å². The van der Waals surface area contributed by atoms with Crippen LogP contribution in [0.3, 0.4) is 0 Å². The van der Waals surface area contributed by atoms with Gasteiger partial charge in [-0.3, -0.25) is 9.59 Å². The third kappa shape index (κ3) is 4.64. The van der Waals surface area contributed by atoms with Crippen LogP contribution >= 0.6 is 15.9 Å². The van der Waals surface area contributed by atoms with Crippen molar-refractivity contribution < 1.29 is 23.1 Å². The first-order valence-electron chi connectivity index (χ1n) is 9.52. The highest BCUT2D eigenvalue weighted by Crippen LogP contribution is 2.33. The normalized spacial score (nSPS) is 10.8. The highest BCUT2D eigenvalue weighted by molar-refractivity contribution is 9.10. The van der Waals surface area contributed by atoms with Crippen molar-refractivity contribution in [2.45, 2.75) is 6.92 Å². The van der Waals surface area contributed by atoms with E-state index < -0.39 is 11.3 Å². The van der Waals surface area contributed by atoms with Crippen LogP contribution in [0.15, 0.2) is 79.0 Å². The van der Waals surface area contributed by atoms with Crippen LogP contribution in [0, 0.1) is 0 Å². The Kier molecular flexibility index (Phi) is 6.08. The lowest BCUT2D eigenvalue weighted by molar-refractivity contribution is -0.118. The molecule has 0 radical (unpaired) electrons. The van der Waals surface area contributed by atoms with Gasteiger partial charge in [0.05, 0.1) is 12.0 Å². The fraction of sp³-hybridized carbons (Fsp3) is 0.130. The summed E-state index contributed by atoms with van der Waals surface area (Å²) in [6, 6.07) is 17.1. The van der Waals surface area contributed by atoms with Gasteiger partial charge in [-0.1, -0.05) is 12.1 Å². The van der Waals surface area contributed by atoms with E-state index in [4.69, 9.17) is 18.3 Å². The summed E-state index contributed by atoms with van der Waals surface area (Å²) in [6.07, 6.45) is 0. The fourth-order valence-corrected chi connectivity index (χ4v) is 3.30. The number of halogens is 1. The second kappa shape index (κ2) is 9.09. The number of para-hydroxylation sites is 1. The van der Waals surface area contributed by atoms with Crippen molar-refractivity contribution in [3.05, 3.63) is 75.6 Å². The Hall–Kier alpha value is -3.52. The number of nitrogens with one attached hydrogen (secondary N) is 1. The fourth-order valence-electron chi connectivity index (χ4n) is 2.99. The molecule has 0 saturated carbocycles. The quantitative estimate of drug-likeness (QED) is 0.386. The predicted octanol–water partition coefficient (Wildman–Crippen LogP) is 5.23. The summed E-state index contributed by atoms with van der Waals surface area (Å²) < 4.78 is 22.9. The zero-order chi connectivity index (χ0) is 21.8. The maximum absolute atomic E-state index is 13.0. The number of benzene rings is 2. The average Bonchev–Trinajstić information content (AvgIpc) is 3.21. The molecule has 2 heterocycles. The zero-order valence-electron chi connectivity index (χ0n) is 16.5. The molecule has 31 heavy (non-hydrogen) atoms. The standard InChI is InChI=1S/C23H18BrNO6/c1-2-28-15-9-7-14(8-10-15)25-20(26)13-29-23-21(27)16-5-3-4-6-17(16)31-22(23)18-11-12-19(24)30-18/h3-12H,2,13H2,1H3,(H,25,26). The highest BCUT2D eigenvalue weighted by Gasteiger charge is 2.21. The Balaban J connectivity index is 1.57. The number of rotatable bonds is 7. The molecule has 1 amide bonds. The minimum Gasteiger partial charge on any atom is -0.494 e. The lowest BCUT2D eigenvalue weighted by Gasteiger charge is -2.11. The topological polar surface area (TPSA) is 90.9 Å². The molecule has 0 aliphatic heterocycles. The molecule has 0 saturated heterocycles. The van der Waals surface area contributed by atoms with Crippen molar-refractivity contribution >= 4 is 38.5 Å². The molecule has 0 unspecified atom stereocenters. The third-order valence-electron chi connectivity index (χ3n) is 4.35. The van der Waals surface area contributed by atoms with Gasteiger partial charge in [-0.15, -0.1) is 0 Å². The highest BCUT2D eigenvalue weighted by atomic mass is 79.9. The molecule has 8 heteroatoms. The van der Waals surface area contributed by atoms with E-state index in [1.165, 1.54) is 0 Å². The summed E-state index contributed by atoms with van der Waals surface area (Å²) >= 11 is 3.24. The third-order valence-corrected chi connectivity index (χ3v) is 4.78. The maximum atomic E-state index is 13.0. The predicted molar refractivity (Wildman–Crippen MR) is 120 cm³/mol. The van der Waals surface area contributed by atoms with Gasteiger partial charge >= 0.3 is 0 Å². The Bertz CT molecular complexity index is 1280. The van der Waals surface area contributed by atoms with E-state index in [0.29, 0.717) is 39.4 Å². The zero-order valence-corrected chi connectivity index (χ0v) is 18.1. The largest absolute Gasteiger partial charge is 0.494 e. The van der Waals surface area contributed by atoms with Crippen LogP contribution < -0.4 is 20.2 Å². The first kappa shape index (κ1) is 20.7. The molecule has 4 aromatic rings. The van der Waals surface area contributed by atoms with E-state index in [1.54, 1.807) is 60.7 Å². The number of ether oxygens (including phenoxy) is 2. The number of furan rings is 1. The van der Waals surface area contributed by atoms with E-state index in [1.807, 2.05) is 6.92 Å². The van der Waals surface area contributed by atoms with Crippen molar-refractivity contribution in [2.75, 3.05) is 18.5 Å². The van der Waals surface area contributed by atoms with Crippen LogP contribution in [-0.4, -0.2) is 19.1 Å². The van der Waals surface area contributed by atoms with E-state index in [-0.39, 0.29) is 18.1 Å². The van der Waals surface area contributed by atoms with Gasteiger partial charge in [0.25, 0.3) is 5.91 Å². The van der Waals surface area contributed by atoms with Crippen LogP contribution in [0.25, 0.3) is 22.5 Å². The van der Waals surface area contributed by atoms with Crippen LogP contribution in [-0.2, 0) is 4.79 Å². The van der Waals surface area contributed by atoms with Crippen molar-refractivity contribution in [3.8, 4) is 23.0 Å². The monoisotopic (exact) mass is 483 g/mol. The molecule has 7 nitrogen and oxygen atoms in total. The van der Waals surface area contributed by atoms with E-state index >= 15 is 0 Å². The summed E-state index contributed by atoms with van der Waals surface area (Å²) in [7, 11) is 0. The molecule has 158 valence electrons. The lowest BCUT2D eigenvalue weighted by Crippen LogP contribution is -2.22. The van der Waals surface area contributed by atoms with Gasteiger partial charge in [-0.25, -0.2) is 0 Å². The second-order valence-electron chi connectivity index (χ2n) is 6.48. The summed E-state index contributed by atoms with van der Waals surface area (Å²) in [5.41, 5.74) is 0.581. The number of carbonyl (C=O) groups is 1. The van der Waals surface area contributed by atoms with Crippen molar-refractivity contribution in [3.63, 3.8) is 0 Å². The first-order valence-corrected chi connectivity index (χ1v) is 10.3. The number of carbonyl (C=O) groups excluding carboxylic acids is 1. The minimum atomic E-state index is -0.428. The van der Waals surface area contributed by atoms with Crippen molar-refractivity contribution in [2.24, 2.45) is 0 Å². The molecule has 0 spiro atoms. The molecule has 0 bridgehead atoms. The molecule has 0 aliphatic carbocycles. The summed E-state index contributed by atoms with van der Waals surface area (Å²) in [5.74, 6) is 0.602. The molecule has 2 aromatic carbocycles. The molecular weight excluding hydrogens is 466 g/mol. The Morgan fingerprint density at radius 1 is 1.00 bits per heavy atom. The van der Waals surface area contributed by atoms with Crippen LogP contribution in [0.1, 0.15) is 6.92 Å². The van der Waals surface area contributed by atoms with Gasteiger partial charge in [0, 0.05) is 5.69 Å². The molecule has 0 fully saturated rings. The van der Waals surface area contributed by atoms with Gasteiger partial charge < -0.3 is 23.6 Å². The number of hydrogen-bond acceptors (Lipinski definition) is 6. The van der Waals surface area contributed by atoms with Crippen molar-refractivity contribution in [1.82, 2.24) is 0 Å². The van der Waals surface area contributed by atoms with Crippen LogP contribution in [0.4, 0.5) is 5.69 Å². The number of fused-ring (bicyclic) bond motifs is 1. The number of anilines is 1. The second-order valence-corrected chi connectivity index (χ2v) is 7.27. The molecule has 0 atom stereocenters. The lowest BCUT2D eigenvalue weighted by atomic mass is 10.2. The van der Waals surface area contributed by atoms with E-state index in [0.717, 1.165) is 0 Å². The SMILES string of the molecule is CCOc1ccc(NC(=O)COc2c(-c3ccc(Br)o3)oc3ccccc3c2=O)cc1. The maximum Gasteiger partial charge on any atom is 0.262 e.